The number of hydrogen-bond donors (Lipinski definition) is 2. The number of nitriles is 1. The molecule has 6 heteroatoms. The van der Waals surface area contributed by atoms with Crippen LogP contribution in [0.5, 0.6) is 0 Å². The van der Waals surface area contributed by atoms with Crippen molar-refractivity contribution < 1.29 is 9.59 Å². The number of anilines is 1. The molecular formula is C21H18N4O2. The molecule has 0 unspecified atom stereocenters. The lowest BCUT2D eigenvalue weighted by Crippen LogP contribution is -2.17. The fourth-order valence-electron chi connectivity index (χ4n) is 2.83. The van der Waals surface area contributed by atoms with Crippen molar-refractivity contribution in [3.05, 3.63) is 71.4 Å². The van der Waals surface area contributed by atoms with Gasteiger partial charge in [0, 0.05) is 28.4 Å². The highest BCUT2D eigenvalue weighted by Gasteiger charge is 2.13. The van der Waals surface area contributed by atoms with E-state index < -0.39 is 11.8 Å². The number of nitrogens with two attached hydrogens (primary N) is 1. The Morgan fingerprint density at radius 3 is 2.56 bits per heavy atom. The van der Waals surface area contributed by atoms with Crippen molar-refractivity contribution in [2.24, 2.45) is 5.73 Å². The smallest absolute Gasteiger partial charge is 0.266 e. The topological polar surface area (TPSA) is 101 Å². The molecule has 0 spiro atoms. The lowest BCUT2D eigenvalue weighted by Gasteiger charge is -2.04. The number of benzene rings is 2. The number of para-hydroxylation sites is 1. The molecule has 27 heavy (non-hydrogen) atoms. The minimum absolute atomic E-state index is 0.0196. The zero-order valence-corrected chi connectivity index (χ0v) is 14.8. The number of carbonyl (C=O) groups is 2. The molecule has 0 aliphatic carbocycles. The Kier molecular flexibility index (Phi) is 5.04. The Morgan fingerprint density at radius 2 is 1.89 bits per heavy atom. The highest BCUT2D eigenvalue weighted by atomic mass is 16.2. The maximum atomic E-state index is 12.5. The van der Waals surface area contributed by atoms with Crippen LogP contribution in [-0.4, -0.2) is 16.4 Å². The summed E-state index contributed by atoms with van der Waals surface area (Å²) >= 11 is 0. The van der Waals surface area contributed by atoms with Gasteiger partial charge in [-0.2, -0.15) is 5.26 Å². The standard InChI is InChI=1S/C21H18N4O2/c1-14-6-8-17(9-7-14)24-21(27)15(11-22)10-16-12-25(13-20(23)26)19-5-3-2-4-18(16)19/h2-10,12H,13H2,1H3,(H2,23,26)(H,24,27)/b15-10-. The number of hydrogen-bond acceptors (Lipinski definition) is 3. The van der Waals surface area contributed by atoms with Crippen molar-refractivity contribution >= 4 is 34.5 Å². The molecule has 3 rings (SSSR count). The normalized spacial score (nSPS) is 11.2. The predicted octanol–water partition coefficient (Wildman–Crippen LogP) is 2.98. The van der Waals surface area contributed by atoms with E-state index in [0.717, 1.165) is 16.5 Å². The number of primary amides is 1. The van der Waals surface area contributed by atoms with Crippen LogP contribution in [-0.2, 0) is 16.1 Å². The third kappa shape index (κ3) is 4.05. The predicted molar refractivity (Wildman–Crippen MR) is 105 cm³/mol. The minimum atomic E-state index is -0.493. The van der Waals surface area contributed by atoms with Gasteiger partial charge >= 0.3 is 0 Å². The Labute approximate surface area is 156 Å². The summed E-state index contributed by atoms with van der Waals surface area (Å²) < 4.78 is 1.70. The number of aryl methyl sites for hydroxylation is 1. The van der Waals surface area contributed by atoms with Gasteiger partial charge in [0.2, 0.25) is 5.91 Å². The van der Waals surface area contributed by atoms with Crippen LogP contribution < -0.4 is 11.1 Å². The first-order chi connectivity index (χ1) is 13.0. The summed E-state index contributed by atoms with van der Waals surface area (Å²) in [6.45, 7) is 1.97. The van der Waals surface area contributed by atoms with Crippen LogP contribution >= 0.6 is 0 Å². The highest BCUT2D eigenvalue weighted by molar-refractivity contribution is 6.10. The molecule has 0 aliphatic heterocycles. The fourth-order valence-corrected chi connectivity index (χ4v) is 2.83. The quantitative estimate of drug-likeness (QED) is 0.541. The zero-order valence-electron chi connectivity index (χ0n) is 14.8. The van der Waals surface area contributed by atoms with Crippen molar-refractivity contribution in [2.45, 2.75) is 13.5 Å². The van der Waals surface area contributed by atoms with Crippen molar-refractivity contribution in [1.29, 1.82) is 5.26 Å². The molecule has 1 aromatic heterocycles. The van der Waals surface area contributed by atoms with Gasteiger partial charge in [0.1, 0.15) is 18.2 Å². The van der Waals surface area contributed by atoms with Crippen LogP contribution in [0.2, 0.25) is 0 Å². The van der Waals surface area contributed by atoms with Crippen molar-refractivity contribution in [2.75, 3.05) is 5.32 Å². The van der Waals surface area contributed by atoms with Gasteiger partial charge in [-0.25, -0.2) is 0 Å². The van der Waals surface area contributed by atoms with E-state index in [0.29, 0.717) is 11.3 Å². The second kappa shape index (κ2) is 7.58. The fraction of sp³-hybridized carbons (Fsp3) is 0.0952. The summed E-state index contributed by atoms with van der Waals surface area (Å²) in [6, 6.07) is 16.7. The first-order valence-corrected chi connectivity index (χ1v) is 8.34. The molecular weight excluding hydrogens is 340 g/mol. The van der Waals surface area contributed by atoms with Gasteiger partial charge in [-0.15, -0.1) is 0 Å². The summed E-state index contributed by atoms with van der Waals surface area (Å²) in [7, 11) is 0. The van der Waals surface area contributed by atoms with Crippen LogP contribution in [0.1, 0.15) is 11.1 Å². The van der Waals surface area contributed by atoms with Gasteiger partial charge in [0.25, 0.3) is 5.91 Å². The molecule has 0 saturated heterocycles. The Bertz CT molecular complexity index is 1090. The number of nitrogens with one attached hydrogen (secondary N) is 1. The van der Waals surface area contributed by atoms with Gasteiger partial charge in [0.05, 0.1) is 0 Å². The van der Waals surface area contributed by atoms with E-state index in [4.69, 9.17) is 5.73 Å². The van der Waals surface area contributed by atoms with Crippen molar-refractivity contribution in [3.8, 4) is 6.07 Å². The van der Waals surface area contributed by atoms with Crippen molar-refractivity contribution in [3.63, 3.8) is 0 Å². The molecule has 0 radical (unpaired) electrons. The van der Waals surface area contributed by atoms with E-state index in [1.54, 1.807) is 22.9 Å². The SMILES string of the molecule is Cc1ccc(NC(=O)/C(C#N)=C\c2cn(CC(N)=O)c3ccccc23)cc1. The monoisotopic (exact) mass is 358 g/mol. The average molecular weight is 358 g/mol. The molecule has 3 aromatic rings. The molecule has 0 bridgehead atoms. The Morgan fingerprint density at radius 1 is 1.19 bits per heavy atom. The molecule has 0 aliphatic rings. The maximum Gasteiger partial charge on any atom is 0.266 e. The zero-order chi connectivity index (χ0) is 19.4. The van der Waals surface area contributed by atoms with Crippen LogP contribution in [0.3, 0.4) is 0 Å². The van der Waals surface area contributed by atoms with Gasteiger partial charge in [-0.1, -0.05) is 35.9 Å². The number of nitrogens with zero attached hydrogens (tertiary/aromatic N) is 2. The number of fused-ring (bicyclic) bond motifs is 1. The minimum Gasteiger partial charge on any atom is -0.368 e. The summed E-state index contributed by atoms with van der Waals surface area (Å²) in [5, 5.41) is 13.0. The lowest BCUT2D eigenvalue weighted by molar-refractivity contribution is -0.118. The van der Waals surface area contributed by atoms with Gasteiger partial charge in [-0.05, 0) is 31.2 Å². The van der Waals surface area contributed by atoms with Crippen LogP contribution in [0.15, 0.2) is 60.3 Å². The molecule has 6 nitrogen and oxygen atoms in total. The molecule has 2 aromatic carbocycles. The summed E-state index contributed by atoms with van der Waals surface area (Å²) in [6.07, 6.45) is 3.23. The number of amides is 2. The number of rotatable bonds is 5. The van der Waals surface area contributed by atoms with Crippen LogP contribution in [0, 0.1) is 18.3 Å². The molecule has 0 atom stereocenters. The summed E-state index contributed by atoms with van der Waals surface area (Å²) in [5.41, 5.74) is 8.44. The summed E-state index contributed by atoms with van der Waals surface area (Å²) in [4.78, 5) is 23.8. The summed E-state index contributed by atoms with van der Waals surface area (Å²) in [5.74, 6) is -0.961. The Hall–Kier alpha value is -3.85. The van der Waals surface area contributed by atoms with Crippen LogP contribution in [0.4, 0.5) is 5.69 Å². The Balaban J connectivity index is 1.95. The highest BCUT2D eigenvalue weighted by Crippen LogP contribution is 2.24. The van der Waals surface area contributed by atoms with E-state index in [1.807, 2.05) is 49.4 Å². The second-order valence-corrected chi connectivity index (χ2v) is 6.19. The maximum absolute atomic E-state index is 12.5. The van der Waals surface area contributed by atoms with Gasteiger partial charge < -0.3 is 15.6 Å². The molecule has 0 fully saturated rings. The first-order valence-electron chi connectivity index (χ1n) is 8.34. The molecule has 1 heterocycles. The largest absolute Gasteiger partial charge is 0.368 e. The average Bonchev–Trinajstić information content (AvgIpc) is 2.98. The molecule has 3 N–H and O–H groups in total. The van der Waals surface area contributed by atoms with E-state index in [2.05, 4.69) is 5.32 Å². The second-order valence-electron chi connectivity index (χ2n) is 6.19. The number of carbonyl (C=O) groups excluding carboxylic acids is 2. The first kappa shape index (κ1) is 18.0. The van der Waals surface area contributed by atoms with Gasteiger partial charge in [-0.3, -0.25) is 9.59 Å². The van der Waals surface area contributed by atoms with E-state index in [1.165, 1.54) is 6.08 Å². The molecule has 0 saturated carbocycles. The third-order valence-electron chi connectivity index (χ3n) is 4.12. The van der Waals surface area contributed by atoms with E-state index >= 15 is 0 Å². The van der Waals surface area contributed by atoms with Gasteiger partial charge in [0.15, 0.2) is 0 Å². The third-order valence-corrected chi connectivity index (χ3v) is 4.12. The lowest BCUT2D eigenvalue weighted by atomic mass is 10.1. The van der Waals surface area contributed by atoms with Crippen LogP contribution in [0.25, 0.3) is 17.0 Å². The van der Waals surface area contributed by atoms with Crippen molar-refractivity contribution in [1.82, 2.24) is 4.57 Å². The van der Waals surface area contributed by atoms with E-state index in [9.17, 15) is 14.9 Å². The number of aromatic nitrogens is 1. The molecule has 134 valence electrons. The van der Waals surface area contributed by atoms with E-state index in [-0.39, 0.29) is 12.1 Å². The molecule has 2 amide bonds.